The Balaban J connectivity index is 2.13. The molecule has 1 aliphatic carbocycles. The summed E-state index contributed by atoms with van der Waals surface area (Å²) < 4.78 is 0. The first-order chi connectivity index (χ1) is 9.59. The van der Waals surface area contributed by atoms with Crippen molar-refractivity contribution in [1.82, 2.24) is 4.90 Å². The highest BCUT2D eigenvalue weighted by molar-refractivity contribution is 5.83. The maximum Gasteiger partial charge on any atom is 0.244 e. The molecule has 0 aliphatic heterocycles. The van der Waals surface area contributed by atoms with Gasteiger partial charge in [0.25, 0.3) is 0 Å². The molecule has 20 heavy (non-hydrogen) atoms. The summed E-state index contributed by atoms with van der Waals surface area (Å²) in [6.07, 6.45) is 4.71. The summed E-state index contributed by atoms with van der Waals surface area (Å²) in [5.74, 6) is 0.555. The van der Waals surface area contributed by atoms with Crippen LogP contribution >= 0.6 is 0 Å². The smallest absolute Gasteiger partial charge is 0.244 e. The maximum absolute atomic E-state index is 12.8. The summed E-state index contributed by atoms with van der Waals surface area (Å²) in [5, 5.41) is 0. The predicted molar refractivity (Wildman–Crippen MR) is 82.2 cm³/mol. The van der Waals surface area contributed by atoms with Crippen molar-refractivity contribution in [1.29, 1.82) is 0 Å². The molecule has 2 rings (SSSR count). The van der Waals surface area contributed by atoms with Gasteiger partial charge in [0, 0.05) is 12.6 Å². The number of benzene rings is 1. The second-order valence-electron chi connectivity index (χ2n) is 6.21. The van der Waals surface area contributed by atoms with E-state index in [1.165, 1.54) is 12.8 Å². The largest absolute Gasteiger partial charge is 0.338 e. The van der Waals surface area contributed by atoms with Crippen LogP contribution in [0.15, 0.2) is 30.3 Å². The molecular weight excluding hydrogens is 248 g/mol. The van der Waals surface area contributed by atoms with E-state index in [0.29, 0.717) is 12.0 Å². The minimum Gasteiger partial charge on any atom is -0.338 e. The van der Waals surface area contributed by atoms with Crippen molar-refractivity contribution < 1.29 is 4.79 Å². The maximum atomic E-state index is 12.8. The summed E-state index contributed by atoms with van der Waals surface area (Å²) in [4.78, 5) is 14.8. The third-order valence-electron chi connectivity index (χ3n) is 4.04. The van der Waals surface area contributed by atoms with E-state index in [9.17, 15) is 4.79 Å². The number of amides is 1. The number of carbonyl (C=O) groups excluding carboxylic acids is 1. The molecule has 1 aromatic rings. The summed E-state index contributed by atoms with van der Waals surface area (Å²) in [5.41, 5.74) is 7.10. The minimum atomic E-state index is -0.532. The standard InChI is InChI=1S/C17H26N2O/c1-13(2)12-19(15-10-6-7-11-15)17(20)16(18)14-8-4-3-5-9-14/h3-5,8-9,13,15-16H,6-7,10-12,18H2,1-2H3. The lowest BCUT2D eigenvalue weighted by Crippen LogP contribution is -2.45. The van der Waals surface area contributed by atoms with Crippen molar-refractivity contribution in [3.05, 3.63) is 35.9 Å². The number of hydrogen-bond acceptors (Lipinski definition) is 2. The highest BCUT2D eigenvalue weighted by atomic mass is 16.2. The van der Waals surface area contributed by atoms with Crippen LogP contribution in [0.5, 0.6) is 0 Å². The van der Waals surface area contributed by atoms with Gasteiger partial charge in [-0.15, -0.1) is 0 Å². The van der Waals surface area contributed by atoms with Gasteiger partial charge >= 0.3 is 0 Å². The summed E-state index contributed by atoms with van der Waals surface area (Å²) in [7, 11) is 0. The Kier molecular flexibility index (Phi) is 5.18. The number of carbonyl (C=O) groups is 1. The highest BCUT2D eigenvalue weighted by Gasteiger charge is 2.30. The zero-order valence-electron chi connectivity index (χ0n) is 12.6. The molecular formula is C17H26N2O. The Morgan fingerprint density at radius 2 is 1.85 bits per heavy atom. The number of nitrogens with two attached hydrogens (primary N) is 1. The topological polar surface area (TPSA) is 46.3 Å². The molecule has 3 heteroatoms. The first-order valence-corrected chi connectivity index (χ1v) is 7.70. The van der Waals surface area contributed by atoms with E-state index in [2.05, 4.69) is 13.8 Å². The van der Waals surface area contributed by atoms with Crippen LogP contribution in [-0.4, -0.2) is 23.4 Å². The van der Waals surface area contributed by atoms with Gasteiger partial charge in [-0.05, 0) is 24.3 Å². The molecule has 1 unspecified atom stereocenters. The minimum absolute atomic E-state index is 0.0804. The normalized spacial score (nSPS) is 17.4. The fraction of sp³-hybridized carbons (Fsp3) is 0.588. The monoisotopic (exact) mass is 274 g/mol. The third kappa shape index (κ3) is 3.60. The van der Waals surface area contributed by atoms with E-state index in [4.69, 9.17) is 5.73 Å². The van der Waals surface area contributed by atoms with E-state index < -0.39 is 6.04 Å². The molecule has 2 N–H and O–H groups in total. The van der Waals surface area contributed by atoms with Crippen LogP contribution in [0.3, 0.4) is 0 Å². The Bertz CT molecular complexity index is 424. The van der Waals surface area contributed by atoms with Crippen molar-refractivity contribution in [2.75, 3.05) is 6.54 Å². The molecule has 1 saturated carbocycles. The van der Waals surface area contributed by atoms with Crippen LogP contribution in [0.4, 0.5) is 0 Å². The van der Waals surface area contributed by atoms with Crippen molar-refractivity contribution in [3.63, 3.8) is 0 Å². The Morgan fingerprint density at radius 3 is 2.40 bits per heavy atom. The van der Waals surface area contributed by atoms with Gasteiger partial charge in [0.1, 0.15) is 6.04 Å². The van der Waals surface area contributed by atoms with Gasteiger partial charge in [0.15, 0.2) is 0 Å². The lowest BCUT2D eigenvalue weighted by Gasteiger charge is -2.32. The second-order valence-corrected chi connectivity index (χ2v) is 6.21. The fourth-order valence-corrected chi connectivity index (χ4v) is 3.01. The highest BCUT2D eigenvalue weighted by Crippen LogP contribution is 2.26. The molecule has 1 fully saturated rings. The van der Waals surface area contributed by atoms with Crippen LogP contribution in [0.2, 0.25) is 0 Å². The average Bonchev–Trinajstić information content (AvgIpc) is 2.98. The van der Waals surface area contributed by atoms with Gasteiger partial charge in [-0.3, -0.25) is 4.79 Å². The lowest BCUT2D eigenvalue weighted by atomic mass is 10.0. The molecule has 0 bridgehead atoms. The first-order valence-electron chi connectivity index (χ1n) is 7.70. The number of rotatable bonds is 5. The van der Waals surface area contributed by atoms with Gasteiger partial charge in [-0.25, -0.2) is 0 Å². The van der Waals surface area contributed by atoms with Gasteiger partial charge in [0.05, 0.1) is 0 Å². The predicted octanol–water partition coefficient (Wildman–Crippen LogP) is 3.11. The average molecular weight is 274 g/mol. The zero-order chi connectivity index (χ0) is 14.5. The summed E-state index contributed by atoms with van der Waals surface area (Å²) >= 11 is 0. The van der Waals surface area contributed by atoms with Crippen LogP contribution in [0.25, 0.3) is 0 Å². The van der Waals surface area contributed by atoms with Crippen LogP contribution < -0.4 is 5.73 Å². The molecule has 1 amide bonds. The molecule has 0 heterocycles. The zero-order valence-corrected chi connectivity index (χ0v) is 12.6. The fourth-order valence-electron chi connectivity index (χ4n) is 3.01. The molecule has 1 aliphatic rings. The molecule has 1 atom stereocenters. The van der Waals surface area contributed by atoms with E-state index in [1.54, 1.807) is 0 Å². The Labute approximate surface area is 122 Å². The molecule has 3 nitrogen and oxygen atoms in total. The van der Waals surface area contributed by atoms with Crippen LogP contribution in [0.1, 0.15) is 51.1 Å². The van der Waals surface area contributed by atoms with Gasteiger partial charge in [-0.2, -0.15) is 0 Å². The SMILES string of the molecule is CC(C)CN(C(=O)C(N)c1ccccc1)C1CCCC1. The first kappa shape index (κ1) is 15.0. The van der Waals surface area contributed by atoms with Crippen molar-refractivity contribution in [2.24, 2.45) is 11.7 Å². The molecule has 0 saturated heterocycles. The third-order valence-corrected chi connectivity index (χ3v) is 4.04. The Hall–Kier alpha value is -1.35. The van der Waals surface area contributed by atoms with Crippen LogP contribution in [0, 0.1) is 5.92 Å². The van der Waals surface area contributed by atoms with Gasteiger partial charge in [-0.1, -0.05) is 57.0 Å². The van der Waals surface area contributed by atoms with E-state index in [1.807, 2.05) is 35.2 Å². The van der Waals surface area contributed by atoms with E-state index in [0.717, 1.165) is 24.9 Å². The van der Waals surface area contributed by atoms with Crippen molar-refractivity contribution >= 4 is 5.91 Å². The van der Waals surface area contributed by atoms with E-state index >= 15 is 0 Å². The second kappa shape index (κ2) is 6.89. The van der Waals surface area contributed by atoms with Crippen LogP contribution in [-0.2, 0) is 4.79 Å². The number of hydrogen-bond donors (Lipinski definition) is 1. The summed E-state index contributed by atoms with van der Waals surface area (Å²) in [6.45, 7) is 5.12. The lowest BCUT2D eigenvalue weighted by molar-refractivity contribution is -0.135. The van der Waals surface area contributed by atoms with E-state index in [-0.39, 0.29) is 5.91 Å². The van der Waals surface area contributed by atoms with Gasteiger partial charge < -0.3 is 10.6 Å². The van der Waals surface area contributed by atoms with Gasteiger partial charge in [0.2, 0.25) is 5.91 Å². The summed E-state index contributed by atoms with van der Waals surface area (Å²) in [6, 6.07) is 9.55. The van der Waals surface area contributed by atoms with Crippen molar-refractivity contribution in [3.8, 4) is 0 Å². The molecule has 0 radical (unpaired) electrons. The molecule has 0 aromatic heterocycles. The molecule has 1 aromatic carbocycles. The quantitative estimate of drug-likeness (QED) is 0.896. The molecule has 0 spiro atoms. The Morgan fingerprint density at radius 1 is 1.25 bits per heavy atom. The van der Waals surface area contributed by atoms with Crippen molar-refractivity contribution in [2.45, 2.75) is 51.6 Å². The molecule has 110 valence electrons. The number of nitrogens with zero attached hydrogens (tertiary/aromatic N) is 1.